The molecule has 0 aliphatic heterocycles. The van der Waals surface area contributed by atoms with E-state index in [1.54, 1.807) is 6.07 Å². The summed E-state index contributed by atoms with van der Waals surface area (Å²) < 4.78 is 0. The van der Waals surface area contributed by atoms with Crippen molar-refractivity contribution in [3.8, 4) is 0 Å². The number of primary amides is 1. The van der Waals surface area contributed by atoms with E-state index in [2.05, 4.69) is 21.0 Å². The second-order valence-corrected chi connectivity index (χ2v) is 1.75. The Balaban J connectivity index is 2.45. The number of nitrogens with one attached hydrogen (secondary N) is 2. The number of amides is 2. The summed E-state index contributed by atoms with van der Waals surface area (Å²) in [4.78, 5) is 10.2. The first kappa shape index (κ1) is 7.26. The van der Waals surface area contributed by atoms with Gasteiger partial charge in [0.2, 0.25) is 0 Å². The number of rotatable bonds is 2. The molecule has 0 saturated heterocycles. The van der Waals surface area contributed by atoms with Gasteiger partial charge < -0.3 is 5.73 Å². The van der Waals surface area contributed by atoms with Crippen molar-refractivity contribution in [2.45, 2.75) is 0 Å². The molecule has 0 spiro atoms. The number of anilines is 1. The van der Waals surface area contributed by atoms with Crippen LogP contribution >= 0.6 is 0 Å². The summed E-state index contributed by atoms with van der Waals surface area (Å²) in [5.41, 5.74) is 10.1. The summed E-state index contributed by atoms with van der Waals surface area (Å²) in [6.45, 7) is 0. The molecular formula is C5H7N5O. The number of nitrogens with zero attached hydrogens (tertiary/aromatic N) is 2. The Bertz CT molecular complexity index is 236. The molecule has 0 aliphatic carbocycles. The van der Waals surface area contributed by atoms with Gasteiger partial charge in [-0.25, -0.2) is 4.79 Å². The van der Waals surface area contributed by atoms with E-state index < -0.39 is 6.03 Å². The van der Waals surface area contributed by atoms with Crippen LogP contribution in [0.4, 0.5) is 10.5 Å². The lowest BCUT2D eigenvalue weighted by Gasteiger charge is -2.02. The van der Waals surface area contributed by atoms with Crippen molar-refractivity contribution in [1.29, 1.82) is 0 Å². The van der Waals surface area contributed by atoms with Gasteiger partial charge in [0, 0.05) is 0 Å². The van der Waals surface area contributed by atoms with Crippen LogP contribution in [0.15, 0.2) is 18.5 Å². The Labute approximate surface area is 62.8 Å². The molecule has 1 aromatic heterocycles. The first-order valence-electron chi connectivity index (χ1n) is 2.87. The number of hydrogen-bond donors (Lipinski definition) is 3. The van der Waals surface area contributed by atoms with Crippen molar-refractivity contribution in [2.75, 3.05) is 5.43 Å². The van der Waals surface area contributed by atoms with E-state index >= 15 is 0 Å². The largest absolute Gasteiger partial charge is 0.350 e. The SMILES string of the molecule is NC(=O)NNc1ccnnc1. The Morgan fingerprint density at radius 3 is 2.91 bits per heavy atom. The Hall–Kier alpha value is -1.85. The third-order valence-electron chi connectivity index (χ3n) is 0.914. The van der Waals surface area contributed by atoms with Crippen LogP contribution in [0.2, 0.25) is 0 Å². The maximum atomic E-state index is 10.2. The fraction of sp³-hybridized carbons (Fsp3) is 0. The molecule has 0 atom stereocenters. The van der Waals surface area contributed by atoms with E-state index in [4.69, 9.17) is 5.73 Å². The fourth-order valence-electron chi connectivity index (χ4n) is 0.498. The average molecular weight is 153 g/mol. The first-order valence-corrected chi connectivity index (χ1v) is 2.87. The van der Waals surface area contributed by atoms with Crippen molar-refractivity contribution in [2.24, 2.45) is 5.73 Å². The van der Waals surface area contributed by atoms with E-state index in [-0.39, 0.29) is 0 Å². The van der Waals surface area contributed by atoms with Crippen molar-refractivity contribution in [3.63, 3.8) is 0 Å². The zero-order valence-corrected chi connectivity index (χ0v) is 5.61. The Morgan fingerprint density at radius 2 is 2.36 bits per heavy atom. The molecule has 1 rings (SSSR count). The van der Waals surface area contributed by atoms with Crippen molar-refractivity contribution in [3.05, 3.63) is 18.5 Å². The molecule has 6 nitrogen and oxygen atoms in total. The highest BCUT2D eigenvalue weighted by Gasteiger charge is 1.90. The number of carbonyl (C=O) groups is 1. The van der Waals surface area contributed by atoms with Crippen molar-refractivity contribution in [1.82, 2.24) is 15.6 Å². The summed E-state index contributed by atoms with van der Waals surface area (Å²) in [5.74, 6) is 0. The van der Waals surface area contributed by atoms with Crippen LogP contribution in [0.25, 0.3) is 0 Å². The fourth-order valence-corrected chi connectivity index (χ4v) is 0.498. The molecule has 0 fully saturated rings. The molecule has 58 valence electrons. The van der Waals surface area contributed by atoms with Gasteiger partial charge in [-0.1, -0.05) is 0 Å². The molecule has 0 saturated carbocycles. The van der Waals surface area contributed by atoms with Gasteiger partial charge in [-0.15, -0.1) is 0 Å². The average Bonchev–Trinajstić information content (AvgIpc) is 2.03. The zero-order valence-electron chi connectivity index (χ0n) is 5.61. The third-order valence-corrected chi connectivity index (χ3v) is 0.914. The molecule has 0 aromatic carbocycles. The first-order chi connectivity index (χ1) is 5.29. The molecule has 0 bridgehead atoms. The molecular weight excluding hydrogens is 146 g/mol. The lowest BCUT2D eigenvalue weighted by molar-refractivity contribution is 0.250. The van der Waals surface area contributed by atoms with Gasteiger partial charge >= 0.3 is 6.03 Å². The monoisotopic (exact) mass is 153 g/mol. The second kappa shape index (κ2) is 3.35. The minimum Gasteiger partial charge on any atom is -0.350 e. The predicted molar refractivity (Wildman–Crippen MR) is 38.4 cm³/mol. The molecule has 1 aromatic rings. The van der Waals surface area contributed by atoms with E-state index in [0.29, 0.717) is 5.69 Å². The minimum atomic E-state index is -0.651. The molecule has 6 heteroatoms. The molecule has 11 heavy (non-hydrogen) atoms. The zero-order chi connectivity index (χ0) is 8.10. The van der Waals surface area contributed by atoms with Crippen LogP contribution in [-0.4, -0.2) is 16.2 Å². The number of carbonyl (C=O) groups excluding carboxylic acids is 1. The van der Waals surface area contributed by atoms with Crippen LogP contribution in [-0.2, 0) is 0 Å². The van der Waals surface area contributed by atoms with Crippen molar-refractivity contribution < 1.29 is 4.79 Å². The van der Waals surface area contributed by atoms with Gasteiger partial charge in [0.1, 0.15) is 0 Å². The van der Waals surface area contributed by atoms with Gasteiger partial charge in [0.15, 0.2) is 0 Å². The highest BCUT2D eigenvalue weighted by molar-refractivity contribution is 5.73. The lowest BCUT2D eigenvalue weighted by atomic mass is 10.5. The summed E-state index contributed by atoms with van der Waals surface area (Å²) >= 11 is 0. The Kier molecular flexibility index (Phi) is 2.21. The summed E-state index contributed by atoms with van der Waals surface area (Å²) in [5, 5.41) is 7.10. The van der Waals surface area contributed by atoms with Crippen LogP contribution in [0, 0.1) is 0 Å². The molecule has 2 amide bonds. The number of aromatic nitrogens is 2. The van der Waals surface area contributed by atoms with E-state index in [9.17, 15) is 4.79 Å². The van der Waals surface area contributed by atoms with Gasteiger partial charge in [0.25, 0.3) is 0 Å². The molecule has 0 radical (unpaired) electrons. The topological polar surface area (TPSA) is 92.9 Å². The van der Waals surface area contributed by atoms with Crippen LogP contribution in [0.3, 0.4) is 0 Å². The number of nitrogens with two attached hydrogens (primary N) is 1. The lowest BCUT2D eigenvalue weighted by Crippen LogP contribution is -2.34. The van der Waals surface area contributed by atoms with Gasteiger partial charge in [-0.05, 0) is 6.07 Å². The summed E-state index contributed by atoms with van der Waals surface area (Å²) in [7, 11) is 0. The number of hydrogen-bond acceptors (Lipinski definition) is 4. The Morgan fingerprint density at radius 1 is 1.55 bits per heavy atom. The quantitative estimate of drug-likeness (QED) is 0.498. The standard InChI is InChI=1S/C5H7N5O/c6-5(11)10-9-4-1-2-7-8-3-4/h1-3H,(H,7,9)(H3,6,10,11). The smallest absolute Gasteiger partial charge is 0.330 e. The van der Waals surface area contributed by atoms with Crippen LogP contribution < -0.4 is 16.6 Å². The van der Waals surface area contributed by atoms with Gasteiger partial charge in [-0.3, -0.25) is 10.9 Å². The van der Waals surface area contributed by atoms with Crippen LogP contribution in [0.5, 0.6) is 0 Å². The van der Waals surface area contributed by atoms with Crippen LogP contribution in [0.1, 0.15) is 0 Å². The summed E-state index contributed by atoms with van der Waals surface area (Å²) in [6.07, 6.45) is 2.95. The minimum absolute atomic E-state index is 0.624. The normalized spacial score (nSPS) is 8.73. The molecule has 0 unspecified atom stereocenters. The third kappa shape index (κ3) is 2.48. The number of urea groups is 1. The number of hydrazine groups is 1. The summed E-state index contributed by atoms with van der Waals surface area (Å²) in [6, 6.07) is 0.991. The molecule has 1 heterocycles. The van der Waals surface area contributed by atoms with E-state index in [1.165, 1.54) is 12.4 Å². The van der Waals surface area contributed by atoms with Gasteiger partial charge in [-0.2, -0.15) is 10.2 Å². The maximum absolute atomic E-state index is 10.2. The second-order valence-electron chi connectivity index (χ2n) is 1.75. The predicted octanol–water partition coefficient (Wildman–Crippen LogP) is -0.528. The maximum Gasteiger partial charge on any atom is 0.330 e. The highest BCUT2D eigenvalue weighted by atomic mass is 16.2. The van der Waals surface area contributed by atoms with E-state index in [1.807, 2.05) is 0 Å². The molecule has 4 N–H and O–H groups in total. The molecule has 0 aliphatic rings. The van der Waals surface area contributed by atoms with Crippen molar-refractivity contribution >= 4 is 11.7 Å². The van der Waals surface area contributed by atoms with E-state index in [0.717, 1.165) is 0 Å². The van der Waals surface area contributed by atoms with Gasteiger partial charge in [0.05, 0.1) is 18.1 Å². The highest BCUT2D eigenvalue weighted by Crippen LogP contribution is 1.97.